The second-order valence-corrected chi connectivity index (χ2v) is 9.83. The van der Waals surface area contributed by atoms with Gasteiger partial charge in [-0.3, -0.25) is 9.59 Å². The lowest BCUT2D eigenvalue weighted by atomic mass is 9.87. The number of benzene rings is 3. The van der Waals surface area contributed by atoms with Crippen LogP contribution in [0.3, 0.4) is 0 Å². The molecule has 1 fully saturated rings. The zero-order valence-electron chi connectivity index (χ0n) is 23.3. The molecule has 0 saturated carbocycles. The van der Waals surface area contributed by atoms with Crippen LogP contribution >= 0.6 is 0 Å². The highest BCUT2D eigenvalue weighted by Gasteiger charge is 2.44. The highest BCUT2D eigenvalue weighted by atomic mass is 19.1. The van der Waals surface area contributed by atoms with Crippen LogP contribution < -0.4 is 10.1 Å². The van der Waals surface area contributed by atoms with E-state index in [1.807, 2.05) is 54.6 Å². The molecule has 0 unspecified atom stereocenters. The molecule has 3 atom stereocenters. The lowest BCUT2D eigenvalue weighted by molar-refractivity contribution is -0.141. The van der Waals surface area contributed by atoms with Crippen LogP contribution in [0.15, 0.2) is 78.9 Å². The maximum absolute atomic E-state index is 14.3. The Kier molecular flexibility index (Phi) is 10.3. The van der Waals surface area contributed by atoms with Gasteiger partial charge in [-0.15, -0.1) is 0 Å². The quantitative estimate of drug-likeness (QED) is 0.189. The van der Waals surface area contributed by atoms with Crippen LogP contribution in [0.4, 0.5) is 14.9 Å². The van der Waals surface area contributed by atoms with E-state index >= 15 is 0 Å². The number of nitrogens with zero attached hydrogens (tertiary/aromatic N) is 1. The van der Waals surface area contributed by atoms with Crippen LogP contribution in [-0.2, 0) is 19.1 Å². The van der Waals surface area contributed by atoms with Crippen LogP contribution in [0.1, 0.15) is 55.8 Å². The van der Waals surface area contributed by atoms with Crippen molar-refractivity contribution >= 4 is 23.7 Å². The first-order chi connectivity index (χ1) is 19.9. The van der Waals surface area contributed by atoms with Gasteiger partial charge in [0.15, 0.2) is 0 Å². The van der Waals surface area contributed by atoms with Gasteiger partial charge in [-0.05, 0) is 60.4 Å². The van der Waals surface area contributed by atoms with Gasteiger partial charge in [0.2, 0.25) is 5.91 Å². The van der Waals surface area contributed by atoms with Crippen molar-refractivity contribution < 1.29 is 33.0 Å². The molecule has 0 aromatic heterocycles. The molecule has 0 bridgehead atoms. The number of halogens is 1. The van der Waals surface area contributed by atoms with Crippen molar-refractivity contribution in [3.63, 3.8) is 0 Å². The van der Waals surface area contributed by atoms with Gasteiger partial charge < -0.3 is 19.5 Å². The van der Waals surface area contributed by atoms with E-state index in [0.717, 1.165) is 28.9 Å². The summed E-state index contributed by atoms with van der Waals surface area (Å²) in [4.78, 5) is 40.6. The van der Waals surface area contributed by atoms with Crippen molar-refractivity contribution in [2.45, 2.75) is 44.7 Å². The predicted molar refractivity (Wildman–Crippen MR) is 152 cm³/mol. The van der Waals surface area contributed by atoms with Crippen molar-refractivity contribution in [2.75, 3.05) is 25.6 Å². The molecule has 3 aromatic carbocycles. The van der Waals surface area contributed by atoms with Gasteiger partial charge in [0, 0.05) is 12.1 Å². The summed E-state index contributed by atoms with van der Waals surface area (Å²) in [7, 11) is 1.29. The van der Waals surface area contributed by atoms with Crippen LogP contribution in [0.5, 0.6) is 5.75 Å². The molecule has 8 nitrogen and oxygen atoms in total. The monoisotopic (exact) mass is 562 g/mol. The molecule has 216 valence electrons. The lowest BCUT2D eigenvalue weighted by Crippen LogP contribution is -2.42. The summed E-state index contributed by atoms with van der Waals surface area (Å²) in [5.74, 6) is -1.57. The third-order valence-corrected chi connectivity index (χ3v) is 7.07. The van der Waals surface area contributed by atoms with E-state index in [-0.39, 0.29) is 19.4 Å². The van der Waals surface area contributed by atoms with Crippen molar-refractivity contribution in [1.82, 2.24) is 4.90 Å². The SMILES string of the molecule is CCCCOc1ccc([C@@H](Nc2ccc(F)cc2)[C@@H](CCC(=O)OC)C(=O)N2C(=O)OC[C@@H]2c2ccccc2)cc1. The first-order valence-electron chi connectivity index (χ1n) is 13.8. The number of cyclic esters (lactones) is 1. The molecule has 4 rings (SSSR count). The van der Waals surface area contributed by atoms with Gasteiger partial charge in [0.25, 0.3) is 0 Å². The molecular formula is C32H35FN2O6. The minimum Gasteiger partial charge on any atom is -0.494 e. The number of anilines is 1. The number of hydrogen-bond donors (Lipinski definition) is 1. The first kappa shape index (κ1) is 29.6. The Balaban J connectivity index is 1.72. The van der Waals surface area contributed by atoms with E-state index in [4.69, 9.17) is 14.2 Å². The molecule has 3 aromatic rings. The van der Waals surface area contributed by atoms with Crippen LogP contribution in [0, 0.1) is 11.7 Å². The van der Waals surface area contributed by atoms with E-state index in [2.05, 4.69) is 12.2 Å². The number of imide groups is 1. The zero-order chi connectivity index (χ0) is 29.2. The van der Waals surface area contributed by atoms with Crippen LogP contribution in [0.25, 0.3) is 0 Å². The van der Waals surface area contributed by atoms with Gasteiger partial charge in [0.05, 0.1) is 25.7 Å². The average Bonchev–Trinajstić information content (AvgIpc) is 3.39. The van der Waals surface area contributed by atoms with Crippen LogP contribution in [-0.4, -0.2) is 43.2 Å². The molecule has 2 amide bonds. The van der Waals surface area contributed by atoms with E-state index in [1.54, 1.807) is 12.1 Å². The van der Waals surface area contributed by atoms with E-state index < -0.39 is 41.8 Å². The fourth-order valence-electron chi connectivity index (χ4n) is 4.82. The number of ether oxygens (including phenoxy) is 3. The molecule has 41 heavy (non-hydrogen) atoms. The summed E-state index contributed by atoms with van der Waals surface area (Å²) >= 11 is 0. The minimum atomic E-state index is -0.886. The predicted octanol–water partition coefficient (Wildman–Crippen LogP) is 6.45. The van der Waals surface area contributed by atoms with Crippen molar-refractivity contribution in [3.05, 3.63) is 95.8 Å². The molecule has 1 aliphatic rings. The summed E-state index contributed by atoms with van der Waals surface area (Å²) < 4.78 is 29.7. The van der Waals surface area contributed by atoms with Crippen molar-refractivity contribution in [2.24, 2.45) is 5.92 Å². The van der Waals surface area contributed by atoms with Gasteiger partial charge in [-0.1, -0.05) is 55.8 Å². The third kappa shape index (κ3) is 7.63. The molecule has 1 N–H and O–H groups in total. The summed E-state index contributed by atoms with van der Waals surface area (Å²) in [5.41, 5.74) is 2.05. The molecule has 0 spiro atoms. The Morgan fingerprint density at radius 1 is 1.05 bits per heavy atom. The normalized spacial score (nSPS) is 16.0. The van der Waals surface area contributed by atoms with Crippen molar-refractivity contribution in [1.29, 1.82) is 0 Å². The highest BCUT2D eigenvalue weighted by Crippen LogP contribution is 2.37. The number of nitrogens with one attached hydrogen (secondary N) is 1. The summed E-state index contributed by atoms with van der Waals surface area (Å²) in [6, 6.07) is 21.0. The zero-order valence-corrected chi connectivity index (χ0v) is 23.3. The highest BCUT2D eigenvalue weighted by molar-refractivity contribution is 5.95. The number of amides is 2. The Morgan fingerprint density at radius 3 is 2.41 bits per heavy atom. The largest absolute Gasteiger partial charge is 0.494 e. The standard InChI is InChI=1S/C32H35FN2O6/c1-3-4-20-40-26-16-10-23(11-17-26)30(34-25-14-12-24(33)13-15-25)27(18-19-29(36)39-2)31(37)35-28(21-41-32(35)38)22-8-6-5-7-9-22/h5-17,27-28,30,34H,3-4,18-21H2,1-2H3/t27-,28-,30-/m1/s1. The average molecular weight is 563 g/mol. The molecule has 0 aliphatic carbocycles. The maximum atomic E-state index is 14.3. The molecule has 0 radical (unpaired) electrons. The van der Waals surface area contributed by atoms with Crippen LogP contribution in [0.2, 0.25) is 0 Å². The lowest BCUT2D eigenvalue weighted by Gasteiger charge is -2.32. The van der Waals surface area contributed by atoms with Gasteiger partial charge in [0.1, 0.15) is 24.2 Å². The van der Waals surface area contributed by atoms with E-state index in [0.29, 0.717) is 18.0 Å². The molecule has 9 heteroatoms. The Hall–Kier alpha value is -4.40. The maximum Gasteiger partial charge on any atom is 0.417 e. The van der Waals surface area contributed by atoms with E-state index in [9.17, 15) is 18.8 Å². The fraction of sp³-hybridized carbons (Fsp3) is 0.344. The summed E-state index contributed by atoms with van der Waals surface area (Å²) in [5, 5.41) is 3.35. The van der Waals surface area contributed by atoms with Gasteiger partial charge in [-0.25, -0.2) is 14.1 Å². The van der Waals surface area contributed by atoms with Gasteiger partial charge >= 0.3 is 12.1 Å². The number of carbonyl (C=O) groups excluding carboxylic acids is 3. The number of unbranched alkanes of at least 4 members (excludes halogenated alkanes) is 1. The number of hydrogen-bond acceptors (Lipinski definition) is 7. The number of esters is 1. The number of rotatable bonds is 13. The number of carbonyl (C=O) groups is 3. The fourth-order valence-corrected chi connectivity index (χ4v) is 4.82. The Bertz CT molecular complexity index is 1300. The molecule has 1 saturated heterocycles. The Morgan fingerprint density at radius 2 is 1.76 bits per heavy atom. The van der Waals surface area contributed by atoms with Gasteiger partial charge in [-0.2, -0.15) is 0 Å². The first-order valence-corrected chi connectivity index (χ1v) is 13.8. The third-order valence-electron chi connectivity index (χ3n) is 7.07. The topological polar surface area (TPSA) is 94.2 Å². The summed E-state index contributed by atoms with van der Waals surface area (Å²) in [6.07, 6.45) is 1.23. The molecular weight excluding hydrogens is 527 g/mol. The van der Waals surface area contributed by atoms with Crippen molar-refractivity contribution in [3.8, 4) is 5.75 Å². The van der Waals surface area contributed by atoms with E-state index in [1.165, 1.54) is 19.2 Å². The minimum absolute atomic E-state index is 0.0260. The molecule has 1 aliphatic heterocycles. The summed E-state index contributed by atoms with van der Waals surface area (Å²) in [6.45, 7) is 2.70. The second kappa shape index (κ2) is 14.3. The Labute approximate surface area is 239 Å². The molecule has 1 heterocycles. The second-order valence-electron chi connectivity index (χ2n) is 9.83. The smallest absolute Gasteiger partial charge is 0.417 e. The number of methoxy groups -OCH3 is 1.